The van der Waals surface area contributed by atoms with Gasteiger partial charge in [-0.05, 0) is 66.9 Å². The fourth-order valence-electron chi connectivity index (χ4n) is 3.65. The summed E-state index contributed by atoms with van der Waals surface area (Å²) < 4.78 is 27.2. The summed E-state index contributed by atoms with van der Waals surface area (Å²) in [6.45, 7) is 5.17. The highest BCUT2D eigenvalue weighted by atomic mass is 19.2. The maximum absolute atomic E-state index is 13.8. The number of aryl methyl sites for hydroxylation is 2. The molecule has 1 aliphatic rings. The quantitative estimate of drug-likeness (QED) is 0.528. The van der Waals surface area contributed by atoms with Gasteiger partial charge in [0.05, 0.1) is 11.3 Å². The molecular formula is C26H21F2N3O3. The van der Waals surface area contributed by atoms with E-state index in [1.54, 1.807) is 36.4 Å². The zero-order chi connectivity index (χ0) is 24.6. The maximum atomic E-state index is 13.8. The molecule has 0 aliphatic carbocycles. The molecule has 3 amide bonds. The van der Waals surface area contributed by atoms with E-state index in [-0.39, 0.29) is 22.9 Å². The number of carbonyl (C=O) groups is 3. The Labute approximate surface area is 194 Å². The van der Waals surface area contributed by atoms with E-state index in [0.717, 1.165) is 28.2 Å². The first kappa shape index (κ1) is 22.8. The number of nitrogens with zero attached hydrogens (tertiary/aromatic N) is 1. The molecular weight excluding hydrogens is 440 g/mol. The van der Waals surface area contributed by atoms with Crippen LogP contribution in [0.25, 0.3) is 5.57 Å². The number of imide groups is 1. The third-order valence-corrected chi connectivity index (χ3v) is 5.52. The first-order valence-electron chi connectivity index (χ1n) is 10.5. The molecule has 2 N–H and O–H groups in total. The Balaban J connectivity index is 1.80. The number of nitrogens with one attached hydrogen (secondary N) is 2. The van der Waals surface area contributed by atoms with E-state index in [1.807, 2.05) is 19.9 Å². The van der Waals surface area contributed by atoms with Crippen molar-refractivity contribution in [3.8, 4) is 0 Å². The average Bonchev–Trinajstić information content (AvgIpc) is 3.02. The summed E-state index contributed by atoms with van der Waals surface area (Å²) in [7, 11) is 0. The molecule has 0 saturated heterocycles. The summed E-state index contributed by atoms with van der Waals surface area (Å²) in [6.07, 6.45) is 0. The Morgan fingerprint density at radius 1 is 0.794 bits per heavy atom. The van der Waals surface area contributed by atoms with Crippen molar-refractivity contribution in [3.63, 3.8) is 0 Å². The lowest BCUT2D eigenvalue weighted by molar-refractivity contribution is -0.120. The van der Waals surface area contributed by atoms with Crippen molar-refractivity contribution in [1.82, 2.24) is 0 Å². The van der Waals surface area contributed by atoms with Crippen LogP contribution in [0, 0.1) is 25.5 Å². The Morgan fingerprint density at radius 3 is 2.09 bits per heavy atom. The minimum Gasteiger partial charge on any atom is -0.350 e. The average molecular weight is 461 g/mol. The van der Waals surface area contributed by atoms with Crippen molar-refractivity contribution in [2.24, 2.45) is 0 Å². The molecule has 6 nitrogen and oxygen atoms in total. The number of hydrogen-bond donors (Lipinski definition) is 2. The molecule has 0 bridgehead atoms. The predicted octanol–water partition coefficient (Wildman–Crippen LogP) is 4.94. The van der Waals surface area contributed by atoms with Gasteiger partial charge in [0.2, 0.25) is 5.91 Å². The zero-order valence-electron chi connectivity index (χ0n) is 18.7. The second kappa shape index (κ2) is 8.90. The molecule has 0 radical (unpaired) electrons. The van der Waals surface area contributed by atoms with Crippen molar-refractivity contribution >= 4 is 40.4 Å². The van der Waals surface area contributed by atoms with Crippen LogP contribution in [0.2, 0.25) is 0 Å². The summed E-state index contributed by atoms with van der Waals surface area (Å²) >= 11 is 0. The van der Waals surface area contributed by atoms with Gasteiger partial charge in [0.1, 0.15) is 5.70 Å². The van der Waals surface area contributed by atoms with E-state index in [4.69, 9.17) is 0 Å². The molecule has 3 aromatic carbocycles. The van der Waals surface area contributed by atoms with Gasteiger partial charge in [-0.3, -0.25) is 14.4 Å². The lowest BCUT2D eigenvalue weighted by Gasteiger charge is -2.17. The molecule has 3 aromatic rings. The van der Waals surface area contributed by atoms with Crippen LogP contribution in [0.4, 0.5) is 25.8 Å². The van der Waals surface area contributed by atoms with E-state index >= 15 is 0 Å². The van der Waals surface area contributed by atoms with Crippen molar-refractivity contribution in [3.05, 3.63) is 94.7 Å². The minimum absolute atomic E-state index is 0.0680. The molecule has 8 heteroatoms. The Morgan fingerprint density at radius 2 is 1.47 bits per heavy atom. The maximum Gasteiger partial charge on any atom is 0.282 e. The van der Waals surface area contributed by atoms with Gasteiger partial charge in [-0.25, -0.2) is 13.7 Å². The molecule has 172 valence electrons. The van der Waals surface area contributed by atoms with E-state index in [9.17, 15) is 23.2 Å². The molecule has 1 aliphatic heterocycles. The smallest absolute Gasteiger partial charge is 0.282 e. The first-order valence-corrected chi connectivity index (χ1v) is 10.5. The molecule has 0 spiro atoms. The Kier molecular flexibility index (Phi) is 5.98. The number of halogens is 2. The van der Waals surface area contributed by atoms with E-state index in [0.29, 0.717) is 16.9 Å². The predicted molar refractivity (Wildman–Crippen MR) is 126 cm³/mol. The third kappa shape index (κ3) is 4.30. The number of carbonyl (C=O) groups excluding carboxylic acids is 3. The highest BCUT2D eigenvalue weighted by Gasteiger charge is 2.40. The van der Waals surface area contributed by atoms with Crippen molar-refractivity contribution in [2.75, 3.05) is 15.5 Å². The van der Waals surface area contributed by atoms with Gasteiger partial charge < -0.3 is 10.6 Å². The Hall–Kier alpha value is -4.33. The monoisotopic (exact) mass is 461 g/mol. The summed E-state index contributed by atoms with van der Waals surface area (Å²) in [6, 6.07) is 14.8. The van der Waals surface area contributed by atoms with Crippen molar-refractivity contribution in [1.29, 1.82) is 0 Å². The van der Waals surface area contributed by atoms with Gasteiger partial charge in [-0.2, -0.15) is 0 Å². The first-order chi connectivity index (χ1) is 16.2. The van der Waals surface area contributed by atoms with Gasteiger partial charge in [0, 0.05) is 24.4 Å². The molecule has 34 heavy (non-hydrogen) atoms. The van der Waals surface area contributed by atoms with Crippen molar-refractivity contribution in [2.45, 2.75) is 20.8 Å². The summed E-state index contributed by atoms with van der Waals surface area (Å²) in [5.41, 5.74) is 3.37. The van der Waals surface area contributed by atoms with E-state index < -0.39 is 23.4 Å². The van der Waals surface area contributed by atoms with Crippen LogP contribution in [-0.4, -0.2) is 17.7 Å². The van der Waals surface area contributed by atoms with Gasteiger partial charge >= 0.3 is 0 Å². The summed E-state index contributed by atoms with van der Waals surface area (Å²) in [5.74, 6) is -3.56. The van der Waals surface area contributed by atoms with Gasteiger partial charge in [0.25, 0.3) is 11.8 Å². The number of rotatable bonds is 5. The minimum atomic E-state index is -1.09. The molecule has 0 unspecified atom stereocenters. The lowest BCUT2D eigenvalue weighted by atomic mass is 10.0. The second-order valence-electron chi connectivity index (χ2n) is 7.98. The normalized spacial score (nSPS) is 13.5. The number of hydrogen-bond acceptors (Lipinski definition) is 4. The van der Waals surface area contributed by atoms with Crippen LogP contribution in [-0.2, 0) is 14.4 Å². The van der Waals surface area contributed by atoms with Gasteiger partial charge in [-0.15, -0.1) is 0 Å². The second-order valence-corrected chi connectivity index (χ2v) is 7.98. The van der Waals surface area contributed by atoms with E-state index in [2.05, 4.69) is 10.6 Å². The highest BCUT2D eigenvalue weighted by molar-refractivity contribution is 6.46. The molecule has 1 heterocycles. The number of amides is 3. The molecule has 0 saturated carbocycles. The SMILES string of the molecule is CC(=O)Nc1ccc(C2=C(Nc3ccc(F)c(F)c3)C(=O)N(c3ccc(C)c(C)c3)C2=O)cc1. The standard InChI is InChI=1S/C26H21F2N3O3/c1-14-4-10-20(12-15(14)2)31-25(33)23(17-5-7-18(8-6-17)29-16(3)32)24(26(31)34)30-19-9-11-21(27)22(28)13-19/h4-13,30H,1-3H3,(H,29,32). The fraction of sp³-hybridized carbons (Fsp3) is 0.115. The summed E-state index contributed by atoms with van der Waals surface area (Å²) in [4.78, 5) is 39.3. The van der Waals surface area contributed by atoms with Crippen LogP contribution in [0.15, 0.2) is 66.4 Å². The molecule has 4 rings (SSSR count). The van der Waals surface area contributed by atoms with Crippen LogP contribution >= 0.6 is 0 Å². The zero-order valence-corrected chi connectivity index (χ0v) is 18.7. The van der Waals surface area contributed by atoms with Crippen LogP contribution in [0.5, 0.6) is 0 Å². The summed E-state index contributed by atoms with van der Waals surface area (Å²) in [5, 5.41) is 5.44. The molecule has 0 aromatic heterocycles. The Bertz CT molecular complexity index is 1360. The van der Waals surface area contributed by atoms with Crippen LogP contribution in [0.1, 0.15) is 23.6 Å². The van der Waals surface area contributed by atoms with Crippen LogP contribution < -0.4 is 15.5 Å². The molecule has 0 fully saturated rings. The van der Waals surface area contributed by atoms with Gasteiger partial charge in [-0.1, -0.05) is 18.2 Å². The van der Waals surface area contributed by atoms with Gasteiger partial charge in [0.15, 0.2) is 11.6 Å². The van der Waals surface area contributed by atoms with E-state index in [1.165, 1.54) is 13.0 Å². The highest BCUT2D eigenvalue weighted by Crippen LogP contribution is 2.35. The fourth-order valence-corrected chi connectivity index (χ4v) is 3.65. The molecule has 0 atom stereocenters. The topological polar surface area (TPSA) is 78.5 Å². The largest absolute Gasteiger partial charge is 0.350 e. The van der Waals surface area contributed by atoms with Crippen LogP contribution in [0.3, 0.4) is 0 Å². The number of benzene rings is 3. The third-order valence-electron chi connectivity index (χ3n) is 5.52. The lowest BCUT2D eigenvalue weighted by Crippen LogP contribution is -2.32. The number of anilines is 3. The van der Waals surface area contributed by atoms with Crippen molar-refractivity contribution < 1.29 is 23.2 Å².